The molecule has 0 aliphatic heterocycles. The monoisotopic (exact) mass is 266 g/mol. The molecule has 0 fully saturated rings. The Morgan fingerprint density at radius 1 is 1.32 bits per heavy atom. The Bertz CT molecular complexity index is 566. The van der Waals surface area contributed by atoms with E-state index in [-0.39, 0.29) is 24.0 Å². The van der Waals surface area contributed by atoms with Gasteiger partial charge in [0.1, 0.15) is 17.5 Å². The summed E-state index contributed by atoms with van der Waals surface area (Å²) in [6, 6.07) is 3.27. The second-order valence-corrected chi connectivity index (χ2v) is 4.84. The Hall–Kier alpha value is -1.75. The summed E-state index contributed by atoms with van der Waals surface area (Å²) in [6.07, 6.45) is 1.46. The van der Waals surface area contributed by atoms with E-state index in [2.05, 4.69) is 9.97 Å². The van der Waals surface area contributed by atoms with Gasteiger partial charge >= 0.3 is 0 Å². The molecule has 0 aliphatic rings. The maximum Gasteiger partial charge on any atom is 0.132 e. The molecule has 2 N–H and O–H groups in total. The molecule has 1 aromatic carbocycles. The number of hydrogen-bond donors (Lipinski definition) is 2. The van der Waals surface area contributed by atoms with Crippen LogP contribution in [-0.4, -0.2) is 21.7 Å². The third kappa shape index (κ3) is 2.81. The van der Waals surface area contributed by atoms with Gasteiger partial charge in [0.15, 0.2) is 0 Å². The summed E-state index contributed by atoms with van der Waals surface area (Å²) in [5.74, 6) is -0.389. The van der Waals surface area contributed by atoms with Crippen LogP contribution in [-0.2, 0) is 0 Å². The Balaban J connectivity index is 2.38. The maximum atomic E-state index is 13.6. The summed E-state index contributed by atoms with van der Waals surface area (Å²) in [5.41, 5.74) is 0.547. The number of benzene rings is 1. The Kier molecular flexibility index (Phi) is 3.95. The Morgan fingerprint density at radius 2 is 2.05 bits per heavy atom. The van der Waals surface area contributed by atoms with Gasteiger partial charge in [-0.25, -0.2) is 13.8 Å². The Morgan fingerprint density at radius 3 is 2.68 bits per heavy atom. The van der Waals surface area contributed by atoms with Crippen molar-refractivity contribution in [3.63, 3.8) is 0 Å². The minimum atomic E-state index is -0.512. The molecule has 5 heteroatoms. The SMILES string of the molecule is CC(C)C(CO)c1ncc(-c2cc(F)ccc2F)[nH]1. The molecule has 1 unspecified atom stereocenters. The Labute approximate surface area is 110 Å². The molecule has 0 bridgehead atoms. The van der Waals surface area contributed by atoms with Crippen LogP contribution >= 0.6 is 0 Å². The molecule has 2 aromatic rings. The minimum Gasteiger partial charge on any atom is -0.396 e. The number of aliphatic hydroxyl groups excluding tert-OH is 1. The number of nitrogens with zero attached hydrogens (tertiary/aromatic N) is 1. The number of aromatic nitrogens is 2. The number of rotatable bonds is 4. The highest BCUT2D eigenvalue weighted by Gasteiger charge is 2.19. The third-order valence-corrected chi connectivity index (χ3v) is 3.17. The van der Waals surface area contributed by atoms with E-state index in [9.17, 15) is 13.9 Å². The van der Waals surface area contributed by atoms with Crippen LogP contribution in [0, 0.1) is 17.6 Å². The first kappa shape index (κ1) is 13.7. The van der Waals surface area contributed by atoms with E-state index in [1.165, 1.54) is 6.20 Å². The van der Waals surface area contributed by atoms with Crippen LogP contribution < -0.4 is 0 Å². The molecule has 0 saturated carbocycles. The van der Waals surface area contributed by atoms with E-state index in [1.54, 1.807) is 0 Å². The number of hydrogen-bond acceptors (Lipinski definition) is 2. The molecule has 1 atom stereocenters. The lowest BCUT2D eigenvalue weighted by atomic mass is 9.96. The van der Waals surface area contributed by atoms with Gasteiger partial charge in [0.2, 0.25) is 0 Å². The summed E-state index contributed by atoms with van der Waals surface area (Å²) in [4.78, 5) is 7.10. The lowest BCUT2D eigenvalue weighted by Crippen LogP contribution is -2.12. The summed E-state index contributed by atoms with van der Waals surface area (Å²) in [5, 5.41) is 9.33. The molecule has 1 heterocycles. The summed E-state index contributed by atoms with van der Waals surface area (Å²) < 4.78 is 26.8. The highest BCUT2D eigenvalue weighted by molar-refractivity contribution is 5.59. The molecule has 102 valence electrons. The highest BCUT2D eigenvalue weighted by atomic mass is 19.1. The van der Waals surface area contributed by atoms with Crippen LogP contribution in [0.15, 0.2) is 24.4 Å². The zero-order valence-corrected chi connectivity index (χ0v) is 10.8. The van der Waals surface area contributed by atoms with Crippen LogP contribution in [0.25, 0.3) is 11.3 Å². The molecule has 1 aromatic heterocycles. The predicted molar refractivity (Wildman–Crippen MR) is 68.6 cm³/mol. The van der Waals surface area contributed by atoms with E-state index in [1.807, 2.05) is 13.8 Å². The molecule has 0 spiro atoms. The van der Waals surface area contributed by atoms with E-state index in [0.29, 0.717) is 11.5 Å². The van der Waals surface area contributed by atoms with Gasteiger partial charge in [-0.15, -0.1) is 0 Å². The first-order valence-corrected chi connectivity index (χ1v) is 6.14. The first-order chi connectivity index (χ1) is 9.02. The van der Waals surface area contributed by atoms with Crippen LogP contribution in [0.4, 0.5) is 8.78 Å². The minimum absolute atomic E-state index is 0.0454. The van der Waals surface area contributed by atoms with Crippen LogP contribution in [0.5, 0.6) is 0 Å². The number of aromatic amines is 1. The number of H-pyrrole nitrogens is 1. The van der Waals surface area contributed by atoms with Crippen molar-refractivity contribution in [3.8, 4) is 11.3 Å². The molecular weight excluding hydrogens is 250 g/mol. The largest absolute Gasteiger partial charge is 0.396 e. The van der Waals surface area contributed by atoms with Gasteiger partial charge in [-0.05, 0) is 24.1 Å². The van der Waals surface area contributed by atoms with E-state index < -0.39 is 11.6 Å². The first-order valence-electron chi connectivity index (χ1n) is 6.14. The third-order valence-electron chi connectivity index (χ3n) is 3.17. The van der Waals surface area contributed by atoms with Crippen molar-refractivity contribution in [2.75, 3.05) is 6.61 Å². The van der Waals surface area contributed by atoms with Crippen molar-refractivity contribution >= 4 is 0 Å². The zero-order valence-electron chi connectivity index (χ0n) is 10.8. The highest BCUT2D eigenvalue weighted by Crippen LogP contribution is 2.26. The zero-order chi connectivity index (χ0) is 14.0. The van der Waals surface area contributed by atoms with Gasteiger partial charge in [0.05, 0.1) is 18.5 Å². The standard InChI is InChI=1S/C14H16F2N2O/c1-8(2)11(7-19)14-17-6-13(18-14)10-5-9(15)3-4-12(10)16/h3-6,8,11,19H,7H2,1-2H3,(H,17,18). The lowest BCUT2D eigenvalue weighted by molar-refractivity contribution is 0.232. The molecule has 0 aliphatic carbocycles. The topological polar surface area (TPSA) is 48.9 Å². The van der Waals surface area contributed by atoms with Crippen molar-refractivity contribution in [2.45, 2.75) is 19.8 Å². The fourth-order valence-electron chi connectivity index (χ4n) is 1.98. The van der Waals surface area contributed by atoms with Gasteiger partial charge in [0, 0.05) is 11.5 Å². The maximum absolute atomic E-state index is 13.6. The number of aliphatic hydroxyl groups is 1. The van der Waals surface area contributed by atoms with E-state index >= 15 is 0 Å². The fraction of sp³-hybridized carbons (Fsp3) is 0.357. The second kappa shape index (κ2) is 5.48. The van der Waals surface area contributed by atoms with Crippen LogP contribution in [0.2, 0.25) is 0 Å². The lowest BCUT2D eigenvalue weighted by Gasteiger charge is -2.15. The summed E-state index contributed by atoms with van der Waals surface area (Å²) in [7, 11) is 0. The van der Waals surface area contributed by atoms with Gasteiger partial charge in [-0.1, -0.05) is 13.8 Å². The molecule has 0 saturated heterocycles. The van der Waals surface area contributed by atoms with Crippen molar-refractivity contribution in [1.82, 2.24) is 9.97 Å². The van der Waals surface area contributed by atoms with Crippen LogP contribution in [0.3, 0.4) is 0 Å². The number of imidazole rings is 1. The summed E-state index contributed by atoms with van der Waals surface area (Å²) >= 11 is 0. The molecule has 0 amide bonds. The average Bonchev–Trinajstić information content (AvgIpc) is 2.82. The van der Waals surface area contributed by atoms with Crippen molar-refractivity contribution < 1.29 is 13.9 Å². The van der Waals surface area contributed by atoms with Gasteiger partial charge in [-0.3, -0.25) is 0 Å². The van der Waals surface area contributed by atoms with E-state index in [0.717, 1.165) is 18.2 Å². The second-order valence-electron chi connectivity index (χ2n) is 4.84. The molecule has 2 rings (SSSR count). The number of nitrogens with one attached hydrogen (secondary N) is 1. The van der Waals surface area contributed by atoms with Crippen LogP contribution in [0.1, 0.15) is 25.6 Å². The quantitative estimate of drug-likeness (QED) is 0.893. The number of halogens is 2. The molecule has 19 heavy (non-hydrogen) atoms. The van der Waals surface area contributed by atoms with E-state index in [4.69, 9.17) is 0 Å². The van der Waals surface area contributed by atoms with Gasteiger partial charge in [-0.2, -0.15) is 0 Å². The predicted octanol–water partition coefficient (Wildman–Crippen LogP) is 3.09. The van der Waals surface area contributed by atoms with Crippen molar-refractivity contribution in [1.29, 1.82) is 0 Å². The smallest absolute Gasteiger partial charge is 0.132 e. The van der Waals surface area contributed by atoms with Gasteiger partial charge in [0.25, 0.3) is 0 Å². The van der Waals surface area contributed by atoms with Gasteiger partial charge < -0.3 is 10.1 Å². The normalized spacial score (nSPS) is 12.9. The molecule has 3 nitrogen and oxygen atoms in total. The molecule has 0 radical (unpaired) electrons. The molecular formula is C14H16F2N2O. The van der Waals surface area contributed by atoms with Crippen molar-refractivity contribution in [2.24, 2.45) is 5.92 Å². The summed E-state index contributed by atoms with van der Waals surface area (Å²) in [6.45, 7) is 3.88. The van der Waals surface area contributed by atoms with Crippen molar-refractivity contribution in [3.05, 3.63) is 41.9 Å². The average molecular weight is 266 g/mol. The fourth-order valence-corrected chi connectivity index (χ4v) is 1.98.